The van der Waals surface area contributed by atoms with E-state index in [0.29, 0.717) is 5.56 Å². The monoisotopic (exact) mass is 253 g/mol. The van der Waals surface area contributed by atoms with E-state index in [1.54, 1.807) is 13.8 Å². The maximum atomic E-state index is 11.9. The third-order valence-corrected chi connectivity index (χ3v) is 3.63. The number of rotatable bonds is 4. The summed E-state index contributed by atoms with van der Waals surface area (Å²) in [6.45, 7) is 5.43. The molecule has 0 aliphatic carbocycles. The van der Waals surface area contributed by atoms with Crippen molar-refractivity contribution < 1.29 is 19.3 Å². The van der Waals surface area contributed by atoms with Gasteiger partial charge in [-0.3, -0.25) is 0 Å². The van der Waals surface area contributed by atoms with Crippen LogP contribution in [0, 0.1) is 20.8 Å². The third-order valence-electron chi connectivity index (χ3n) is 2.40. The minimum atomic E-state index is -2.39. The van der Waals surface area contributed by atoms with Crippen LogP contribution in [0.25, 0.3) is 0 Å². The highest BCUT2D eigenvalue weighted by atomic mass is 31.1. The lowest BCUT2D eigenvalue weighted by Crippen LogP contribution is -2.06. The van der Waals surface area contributed by atoms with Crippen LogP contribution in [0.2, 0.25) is 0 Å². The van der Waals surface area contributed by atoms with Crippen LogP contribution in [0.1, 0.15) is 27.0 Å². The van der Waals surface area contributed by atoms with Crippen molar-refractivity contribution in [2.75, 3.05) is 6.16 Å². The van der Waals surface area contributed by atoms with Crippen LogP contribution in [0.15, 0.2) is 12.1 Å². The molecular formula is C12H14O4P+. The fraction of sp³-hybridized carbons (Fsp3) is 0.333. The fourth-order valence-corrected chi connectivity index (χ4v) is 2.83. The summed E-state index contributed by atoms with van der Waals surface area (Å²) < 4.78 is 11.6. The predicted octanol–water partition coefficient (Wildman–Crippen LogP) is 2.66. The van der Waals surface area contributed by atoms with Crippen LogP contribution in [0.5, 0.6) is 0 Å². The van der Waals surface area contributed by atoms with Gasteiger partial charge >= 0.3 is 19.3 Å². The lowest BCUT2D eigenvalue weighted by atomic mass is 10.0. The van der Waals surface area contributed by atoms with E-state index in [-0.39, 0.29) is 0 Å². The molecule has 0 aromatic heterocycles. The maximum Gasteiger partial charge on any atom is 0.431 e. The zero-order valence-electron chi connectivity index (χ0n) is 9.98. The van der Waals surface area contributed by atoms with Crippen molar-refractivity contribution in [1.29, 1.82) is 0 Å². The van der Waals surface area contributed by atoms with Crippen molar-refractivity contribution in [3.63, 3.8) is 0 Å². The van der Waals surface area contributed by atoms with E-state index in [9.17, 15) is 14.2 Å². The summed E-state index contributed by atoms with van der Waals surface area (Å²) in [7, 11) is -2.39. The molecule has 0 aliphatic heterocycles. The Labute approximate surface area is 100 Å². The number of hydrogen-bond donors (Lipinski definition) is 1. The summed E-state index contributed by atoms with van der Waals surface area (Å²) in [5.41, 5.74) is 2.31. The molecule has 0 heterocycles. The standard InChI is InChI=1S/C12H13O4P/c1-7-4-8(2)11(9(3)5-7)12(15)17(16)6-10(13)14/h4-5H,6H2,1-3H3/p+1. The first kappa shape index (κ1) is 13.5. The second-order valence-corrected chi connectivity index (χ2v) is 5.49. The van der Waals surface area contributed by atoms with Crippen LogP contribution in [-0.4, -0.2) is 22.8 Å². The molecule has 1 rings (SSSR count). The van der Waals surface area contributed by atoms with Crippen molar-refractivity contribution in [2.45, 2.75) is 20.8 Å². The molecule has 1 aromatic carbocycles. The van der Waals surface area contributed by atoms with Gasteiger partial charge in [0.2, 0.25) is 0 Å². The normalized spacial score (nSPS) is 11.1. The van der Waals surface area contributed by atoms with E-state index in [4.69, 9.17) is 5.11 Å². The number of aliphatic carboxylic acids is 1. The Morgan fingerprint density at radius 3 is 2.06 bits per heavy atom. The summed E-state index contributed by atoms with van der Waals surface area (Å²) in [6, 6.07) is 3.65. The smallest absolute Gasteiger partial charge is 0.431 e. The van der Waals surface area contributed by atoms with Gasteiger partial charge in [0.25, 0.3) is 6.16 Å². The molecule has 1 unspecified atom stereocenters. The summed E-state index contributed by atoms with van der Waals surface area (Å²) in [5.74, 6) is -1.22. The van der Waals surface area contributed by atoms with Gasteiger partial charge in [0.15, 0.2) is 0 Å². The summed E-state index contributed by atoms with van der Waals surface area (Å²) in [5, 5.41) is 8.53. The Hall–Kier alpha value is -1.54. The Morgan fingerprint density at radius 1 is 1.18 bits per heavy atom. The quantitative estimate of drug-likeness (QED) is 0.837. The molecule has 1 atom stereocenters. The number of carboxylic acids is 1. The van der Waals surface area contributed by atoms with Gasteiger partial charge in [0.1, 0.15) is 0 Å². The molecule has 0 saturated carbocycles. The average Bonchev–Trinajstić information content (AvgIpc) is 2.14. The third kappa shape index (κ3) is 3.21. The van der Waals surface area contributed by atoms with Crippen LogP contribution >= 0.6 is 7.80 Å². The number of carbonyl (C=O) groups excluding carboxylic acids is 1. The van der Waals surface area contributed by atoms with Crippen molar-refractivity contribution in [3.8, 4) is 0 Å². The predicted molar refractivity (Wildman–Crippen MR) is 65.1 cm³/mol. The average molecular weight is 253 g/mol. The molecule has 0 aliphatic rings. The van der Waals surface area contributed by atoms with Crippen LogP contribution in [0.4, 0.5) is 0 Å². The van der Waals surface area contributed by atoms with E-state index >= 15 is 0 Å². The minimum Gasteiger partial charge on any atom is -0.478 e. The Morgan fingerprint density at radius 2 is 1.65 bits per heavy atom. The largest absolute Gasteiger partial charge is 0.478 e. The topological polar surface area (TPSA) is 71.4 Å². The van der Waals surface area contributed by atoms with E-state index in [1.807, 2.05) is 19.1 Å². The van der Waals surface area contributed by atoms with E-state index in [2.05, 4.69) is 0 Å². The van der Waals surface area contributed by atoms with Crippen molar-refractivity contribution in [2.24, 2.45) is 0 Å². The van der Waals surface area contributed by atoms with Crippen LogP contribution < -0.4 is 0 Å². The van der Waals surface area contributed by atoms with Gasteiger partial charge in [-0.15, -0.1) is 0 Å². The Bertz CT molecular complexity index is 482. The molecule has 1 aromatic rings. The Kier molecular flexibility index (Phi) is 4.13. The maximum absolute atomic E-state index is 11.9. The van der Waals surface area contributed by atoms with E-state index < -0.39 is 25.5 Å². The van der Waals surface area contributed by atoms with Gasteiger partial charge in [-0.25, -0.2) is 9.59 Å². The molecule has 1 N–H and O–H groups in total. The fourth-order valence-electron chi connectivity index (χ4n) is 1.84. The second kappa shape index (κ2) is 5.19. The highest BCUT2D eigenvalue weighted by Gasteiger charge is 2.34. The highest BCUT2D eigenvalue weighted by molar-refractivity contribution is 7.65. The first-order valence-electron chi connectivity index (χ1n) is 5.11. The van der Waals surface area contributed by atoms with Crippen LogP contribution in [0.3, 0.4) is 0 Å². The number of aryl methyl sites for hydroxylation is 3. The van der Waals surface area contributed by atoms with Gasteiger partial charge in [-0.1, -0.05) is 22.3 Å². The zero-order valence-corrected chi connectivity index (χ0v) is 10.9. The van der Waals surface area contributed by atoms with Crippen molar-refractivity contribution in [3.05, 3.63) is 34.4 Å². The number of carboxylic acid groups (broad SMARTS) is 1. The Balaban J connectivity index is 3.13. The van der Waals surface area contributed by atoms with Gasteiger partial charge < -0.3 is 5.11 Å². The molecule has 0 saturated heterocycles. The van der Waals surface area contributed by atoms with Crippen molar-refractivity contribution >= 4 is 19.3 Å². The molecule has 0 radical (unpaired) electrons. The highest BCUT2D eigenvalue weighted by Crippen LogP contribution is 2.30. The van der Waals surface area contributed by atoms with Crippen molar-refractivity contribution in [1.82, 2.24) is 0 Å². The molecule has 0 amide bonds. The first-order chi connectivity index (χ1) is 7.82. The summed E-state index contributed by atoms with van der Waals surface area (Å²) in [4.78, 5) is 22.3. The second-order valence-electron chi connectivity index (χ2n) is 4.01. The number of carbonyl (C=O) groups is 2. The minimum absolute atomic E-state index is 0.387. The number of benzene rings is 1. The van der Waals surface area contributed by atoms with Gasteiger partial charge in [-0.2, -0.15) is 0 Å². The summed E-state index contributed by atoms with van der Waals surface area (Å²) in [6.07, 6.45) is -0.610. The summed E-state index contributed by atoms with van der Waals surface area (Å²) >= 11 is 0. The van der Waals surface area contributed by atoms with Gasteiger partial charge in [-0.05, 0) is 31.9 Å². The molecule has 5 heteroatoms. The van der Waals surface area contributed by atoms with Crippen LogP contribution in [-0.2, 0) is 9.36 Å². The van der Waals surface area contributed by atoms with Gasteiger partial charge in [0, 0.05) is 0 Å². The molecular weight excluding hydrogens is 239 g/mol. The molecule has 0 bridgehead atoms. The zero-order chi connectivity index (χ0) is 13.2. The first-order valence-corrected chi connectivity index (χ1v) is 6.56. The molecule has 0 fully saturated rings. The lowest BCUT2D eigenvalue weighted by Gasteiger charge is -2.04. The molecule has 90 valence electrons. The molecule has 4 nitrogen and oxygen atoms in total. The lowest BCUT2D eigenvalue weighted by molar-refractivity contribution is -0.134. The number of hydrogen-bond acceptors (Lipinski definition) is 3. The molecule has 17 heavy (non-hydrogen) atoms. The van der Waals surface area contributed by atoms with Gasteiger partial charge in [0.05, 0.1) is 5.56 Å². The van der Waals surface area contributed by atoms with E-state index in [1.165, 1.54) is 0 Å². The van der Waals surface area contributed by atoms with E-state index in [0.717, 1.165) is 16.7 Å². The SMILES string of the molecule is Cc1cc(C)c(C(=O)[P+](=O)CC(=O)O)c(C)c1. The molecule has 0 spiro atoms.